The largest absolute Gasteiger partial charge is 0.508 e. The summed E-state index contributed by atoms with van der Waals surface area (Å²) < 4.78 is 7.23. The summed E-state index contributed by atoms with van der Waals surface area (Å²) in [5.74, 6) is 1.57. The van der Waals surface area contributed by atoms with Crippen molar-refractivity contribution in [1.29, 1.82) is 5.26 Å². The average molecular weight is 339 g/mol. The number of nitrogens with zero attached hydrogens (tertiary/aromatic N) is 5. The Morgan fingerprint density at radius 1 is 1.12 bits per heavy atom. The first-order valence-electron chi connectivity index (χ1n) is 7.10. The molecule has 7 nitrogen and oxygen atoms in total. The zero-order valence-electron chi connectivity index (χ0n) is 12.5. The fourth-order valence-electron chi connectivity index (χ4n) is 1.94. The minimum absolute atomic E-state index is 0.192. The van der Waals surface area contributed by atoms with E-state index < -0.39 is 0 Å². The van der Waals surface area contributed by atoms with Gasteiger partial charge in [-0.25, -0.2) is 0 Å². The van der Waals surface area contributed by atoms with Crippen molar-refractivity contribution in [3.05, 3.63) is 54.1 Å². The van der Waals surface area contributed by atoms with Crippen molar-refractivity contribution in [2.24, 2.45) is 0 Å². The number of phenols is 1. The van der Waals surface area contributed by atoms with E-state index >= 15 is 0 Å². The van der Waals surface area contributed by atoms with E-state index in [1.54, 1.807) is 53.2 Å². The van der Waals surface area contributed by atoms with Crippen molar-refractivity contribution in [2.75, 3.05) is 12.4 Å². The molecule has 3 aromatic rings. The van der Waals surface area contributed by atoms with Gasteiger partial charge in [-0.1, -0.05) is 11.8 Å². The molecule has 1 N–H and O–H groups in total. The first kappa shape index (κ1) is 15.8. The fraction of sp³-hybridized carbons (Fsp3) is 0.125. The Kier molecular flexibility index (Phi) is 4.93. The maximum absolute atomic E-state index is 9.34. The van der Waals surface area contributed by atoms with Gasteiger partial charge in [-0.05, 0) is 59.0 Å². The molecule has 1 heterocycles. The Hall–Kier alpha value is -3.05. The van der Waals surface area contributed by atoms with Crippen LogP contribution in [0.2, 0.25) is 0 Å². The van der Waals surface area contributed by atoms with Crippen LogP contribution >= 0.6 is 11.8 Å². The van der Waals surface area contributed by atoms with E-state index in [0.29, 0.717) is 28.8 Å². The molecule has 0 aliphatic rings. The second kappa shape index (κ2) is 7.48. The minimum Gasteiger partial charge on any atom is -0.508 e. The fourth-order valence-corrected chi connectivity index (χ4v) is 2.65. The molecular weight excluding hydrogens is 326 g/mol. The van der Waals surface area contributed by atoms with Crippen molar-refractivity contribution >= 4 is 11.8 Å². The maximum Gasteiger partial charge on any atom is 0.214 e. The summed E-state index contributed by atoms with van der Waals surface area (Å²) in [4.78, 5) is 0. The van der Waals surface area contributed by atoms with Crippen LogP contribution in [0, 0.1) is 11.3 Å². The molecule has 1 aromatic heterocycles. The third-order valence-electron chi connectivity index (χ3n) is 3.10. The van der Waals surface area contributed by atoms with Crippen LogP contribution in [0.4, 0.5) is 0 Å². The molecule has 0 bridgehead atoms. The molecule has 0 radical (unpaired) electrons. The number of aromatic nitrogens is 4. The van der Waals surface area contributed by atoms with Crippen LogP contribution in [0.5, 0.6) is 11.5 Å². The average Bonchev–Trinajstić information content (AvgIpc) is 3.08. The Labute approximate surface area is 142 Å². The van der Waals surface area contributed by atoms with Gasteiger partial charge in [0.2, 0.25) is 5.16 Å². The lowest BCUT2D eigenvalue weighted by molar-refractivity contribution is 0.344. The lowest BCUT2D eigenvalue weighted by Gasteiger charge is -2.06. The predicted octanol–water partition coefficient (Wildman–Crippen LogP) is 2.41. The van der Waals surface area contributed by atoms with Crippen LogP contribution in [0.15, 0.2) is 53.7 Å². The summed E-state index contributed by atoms with van der Waals surface area (Å²) in [6.45, 7) is 0.485. The number of rotatable bonds is 6. The smallest absolute Gasteiger partial charge is 0.214 e. The monoisotopic (exact) mass is 339 g/mol. The number of nitriles is 1. The van der Waals surface area contributed by atoms with Gasteiger partial charge in [-0.15, -0.1) is 5.10 Å². The van der Waals surface area contributed by atoms with E-state index in [1.165, 1.54) is 11.8 Å². The molecule has 0 atom stereocenters. The molecule has 3 rings (SSSR count). The van der Waals surface area contributed by atoms with Crippen LogP contribution in [0.25, 0.3) is 5.69 Å². The highest BCUT2D eigenvalue weighted by atomic mass is 32.2. The quantitative estimate of drug-likeness (QED) is 0.544. The molecule has 0 aliphatic carbocycles. The standard InChI is InChI=1S/C16H13N5O2S/c17-11-12-1-7-15(8-2-12)23-9-10-24-16-18-19-20-21(16)13-3-5-14(22)6-4-13/h1-8,22H,9-10H2. The lowest BCUT2D eigenvalue weighted by Crippen LogP contribution is -2.03. The van der Waals surface area contributed by atoms with Crippen LogP contribution in [-0.4, -0.2) is 37.7 Å². The molecular formula is C16H13N5O2S. The van der Waals surface area contributed by atoms with Crippen molar-refractivity contribution in [2.45, 2.75) is 5.16 Å². The number of ether oxygens (including phenoxy) is 1. The molecule has 8 heteroatoms. The van der Waals surface area contributed by atoms with E-state index in [9.17, 15) is 5.11 Å². The summed E-state index contributed by atoms with van der Waals surface area (Å²) in [6, 6.07) is 15.7. The van der Waals surface area contributed by atoms with Crippen LogP contribution in [-0.2, 0) is 0 Å². The Balaban J connectivity index is 1.55. The van der Waals surface area contributed by atoms with Gasteiger partial charge in [-0.2, -0.15) is 9.94 Å². The minimum atomic E-state index is 0.192. The van der Waals surface area contributed by atoms with Crippen LogP contribution in [0.1, 0.15) is 5.56 Å². The second-order valence-electron chi connectivity index (χ2n) is 4.72. The molecule has 0 saturated carbocycles. The van der Waals surface area contributed by atoms with E-state index in [1.807, 2.05) is 0 Å². The zero-order chi connectivity index (χ0) is 16.8. The number of hydrogen-bond acceptors (Lipinski definition) is 7. The van der Waals surface area contributed by atoms with Gasteiger partial charge in [0.05, 0.1) is 23.9 Å². The summed E-state index contributed by atoms with van der Waals surface area (Å²) in [5, 5.41) is 30.4. The number of hydrogen-bond donors (Lipinski definition) is 1. The second-order valence-corrected chi connectivity index (χ2v) is 5.78. The number of aromatic hydroxyl groups is 1. The van der Waals surface area contributed by atoms with Crippen molar-refractivity contribution < 1.29 is 9.84 Å². The van der Waals surface area contributed by atoms with Gasteiger partial charge in [0.25, 0.3) is 0 Å². The maximum atomic E-state index is 9.34. The van der Waals surface area contributed by atoms with Gasteiger partial charge >= 0.3 is 0 Å². The van der Waals surface area contributed by atoms with Gasteiger partial charge in [0.15, 0.2) is 0 Å². The highest BCUT2D eigenvalue weighted by molar-refractivity contribution is 7.99. The Morgan fingerprint density at radius 3 is 2.58 bits per heavy atom. The molecule has 0 amide bonds. The zero-order valence-corrected chi connectivity index (χ0v) is 13.3. The van der Waals surface area contributed by atoms with E-state index in [-0.39, 0.29) is 5.75 Å². The number of benzene rings is 2. The lowest BCUT2D eigenvalue weighted by atomic mass is 10.2. The van der Waals surface area contributed by atoms with Gasteiger partial charge in [-0.3, -0.25) is 0 Å². The molecule has 120 valence electrons. The third-order valence-corrected chi connectivity index (χ3v) is 3.99. The molecule has 0 fully saturated rings. The van der Waals surface area contributed by atoms with Gasteiger partial charge in [0, 0.05) is 5.75 Å². The van der Waals surface area contributed by atoms with Crippen LogP contribution < -0.4 is 4.74 Å². The summed E-state index contributed by atoms with van der Waals surface area (Å²) >= 11 is 1.47. The first-order valence-corrected chi connectivity index (χ1v) is 8.08. The van der Waals surface area contributed by atoms with E-state index in [0.717, 1.165) is 5.69 Å². The molecule has 0 spiro atoms. The summed E-state index contributed by atoms with van der Waals surface area (Å²) in [7, 11) is 0. The number of thioether (sulfide) groups is 1. The molecule has 0 saturated heterocycles. The number of phenolic OH excluding ortho intramolecular Hbond substituents is 1. The molecule has 2 aromatic carbocycles. The first-order chi connectivity index (χ1) is 11.8. The molecule has 0 unspecified atom stereocenters. The molecule has 0 aliphatic heterocycles. The molecule has 24 heavy (non-hydrogen) atoms. The predicted molar refractivity (Wildman–Crippen MR) is 88.2 cm³/mol. The topological polar surface area (TPSA) is 96.9 Å². The van der Waals surface area contributed by atoms with Crippen molar-refractivity contribution in [3.8, 4) is 23.3 Å². The highest BCUT2D eigenvalue weighted by Crippen LogP contribution is 2.20. The summed E-state index contributed by atoms with van der Waals surface area (Å²) in [6.07, 6.45) is 0. The van der Waals surface area contributed by atoms with Crippen LogP contribution in [0.3, 0.4) is 0 Å². The third kappa shape index (κ3) is 3.83. The van der Waals surface area contributed by atoms with Crippen molar-refractivity contribution in [3.63, 3.8) is 0 Å². The van der Waals surface area contributed by atoms with Gasteiger partial charge in [0.1, 0.15) is 11.5 Å². The van der Waals surface area contributed by atoms with Crippen molar-refractivity contribution in [1.82, 2.24) is 20.2 Å². The highest BCUT2D eigenvalue weighted by Gasteiger charge is 2.09. The Morgan fingerprint density at radius 2 is 1.88 bits per heavy atom. The number of tetrazole rings is 1. The normalized spacial score (nSPS) is 10.3. The SMILES string of the molecule is N#Cc1ccc(OCCSc2nnnn2-c2ccc(O)cc2)cc1. The van der Waals surface area contributed by atoms with E-state index in [2.05, 4.69) is 21.6 Å². The summed E-state index contributed by atoms with van der Waals surface area (Å²) in [5.41, 5.74) is 1.37. The van der Waals surface area contributed by atoms with Gasteiger partial charge < -0.3 is 9.84 Å². The van der Waals surface area contributed by atoms with E-state index in [4.69, 9.17) is 10.00 Å². The Bertz CT molecular complexity index is 840.